The van der Waals surface area contributed by atoms with Gasteiger partial charge in [0.15, 0.2) is 5.79 Å². The van der Waals surface area contributed by atoms with E-state index in [0.29, 0.717) is 26.3 Å². The highest BCUT2D eigenvalue weighted by Crippen LogP contribution is 2.31. The summed E-state index contributed by atoms with van der Waals surface area (Å²) in [5.74, 6) is -0.440. The van der Waals surface area contributed by atoms with Crippen molar-refractivity contribution in [2.24, 2.45) is 0 Å². The first-order valence-corrected chi connectivity index (χ1v) is 7.69. The molecule has 2 heterocycles. The molecule has 120 valence electrons. The maximum atomic E-state index is 12.3. The lowest BCUT2D eigenvalue weighted by molar-refractivity contribution is -0.181. The van der Waals surface area contributed by atoms with Crippen LogP contribution in [0.2, 0.25) is 0 Å². The van der Waals surface area contributed by atoms with Crippen LogP contribution >= 0.6 is 0 Å². The number of hydrogen-bond donors (Lipinski definition) is 1. The van der Waals surface area contributed by atoms with Gasteiger partial charge in [-0.05, 0) is 24.3 Å². The second-order valence-electron chi connectivity index (χ2n) is 5.97. The van der Waals surface area contributed by atoms with Crippen molar-refractivity contribution in [3.05, 3.63) is 24.3 Å². The Kier molecular flexibility index (Phi) is 4.22. The van der Waals surface area contributed by atoms with Crippen LogP contribution in [0.3, 0.4) is 0 Å². The number of anilines is 2. The molecule has 6 heteroatoms. The number of benzene rings is 1. The third-order valence-corrected chi connectivity index (χ3v) is 4.26. The van der Waals surface area contributed by atoms with Crippen LogP contribution in [0.15, 0.2) is 24.3 Å². The van der Waals surface area contributed by atoms with Gasteiger partial charge in [0.25, 0.3) is 0 Å². The van der Waals surface area contributed by atoms with Gasteiger partial charge >= 0.3 is 6.03 Å². The Balaban J connectivity index is 1.54. The fourth-order valence-electron chi connectivity index (χ4n) is 2.88. The van der Waals surface area contributed by atoms with Crippen molar-refractivity contribution >= 4 is 17.4 Å². The minimum absolute atomic E-state index is 0.0644. The lowest BCUT2D eigenvalue weighted by atomic mass is 10.0. The molecule has 0 atom stereocenters. The first-order chi connectivity index (χ1) is 10.6. The van der Waals surface area contributed by atoms with E-state index in [4.69, 9.17) is 9.47 Å². The Bertz CT molecular complexity index is 514. The van der Waals surface area contributed by atoms with Crippen LogP contribution in [0.25, 0.3) is 0 Å². The van der Waals surface area contributed by atoms with Crippen molar-refractivity contribution in [1.82, 2.24) is 4.90 Å². The van der Waals surface area contributed by atoms with Crippen LogP contribution < -0.4 is 10.2 Å². The number of rotatable bonds is 2. The molecule has 1 aromatic carbocycles. The zero-order valence-electron chi connectivity index (χ0n) is 13.2. The standard InChI is InChI=1S/C16H23N3O3/c1-18(2)14-5-3-13(4-6-14)17-15(20)19-9-7-16(8-10-19)21-11-12-22-16/h3-6H,7-12H2,1-2H3,(H,17,20). The molecular weight excluding hydrogens is 282 g/mol. The normalized spacial score (nSPS) is 20.2. The second-order valence-corrected chi connectivity index (χ2v) is 5.97. The number of nitrogens with zero attached hydrogens (tertiary/aromatic N) is 2. The summed E-state index contributed by atoms with van der Waals surface area (Å²) in [6.07, 6.45) is 1.47. The highest BCUT2D eigenvalue weighted by atomic mass is 16.7. The average molecular weight is 305 g/mol. The molecule has 2 aliphatic rings. The van der Waals surface area contributed by atoms with Crippen molar-refractivity contribution in [3.63, 3.8) is 0 Å². The van der Waals surface area contributed by atoms with E-state index in [9.17, 15) is 4.79 Å². The van der Waals surface area contributed by atoms with Gasteiger partial charge in [-0.15, -0.1) is 0 Å². The number of nitrogens with one attached hydrogen (secondary N) is 1. The molecule has 6 nitrogen and oxygen atoms in total. The van der Waals surface area contributed by atoms with Crippen LogP contribution in [0.4, 0.5) is 16.2 Å². The second kappa shape index (κ2) is 6.14. The predicted molar refractivity (Wildman–Crippen MR) is 85.2 cm³/mol. The van der Waals surface area contributed by atoms with Crippen molar-refractivity contribution < 1.29 is 14.3 Å². The first-order valence-electron chi connectivity index (χ1n) is 7.69. The summed E-state index contributed by atoms with van der Waals surface area (Å²) in [5, 5.41) is 2.94. The molecule has 2 saturated heterocycles. The van der Waals surface area contributed by atoms with Crippen LogP contribution in [0.1, 0.15) is 12.8 Å². The molecule has 0 bridgehead atoms. The van der Waals surface area contributed by atoms with Crippen LogP contribution in [0, 0.1) is 0 Å². The predicted octanol–water partition coefficient (Wildman–Crippen LogP) is 2.12. The monoisotopic (exact) mass is 305 g/mol. The topological polar surface area (TPSA) is 54.0 Å². The zero-order chi connectivity index (χ0) is 15.6. The van der Waals surface area contributed by atoms with E-state index < -0.39 is 5.79 Å². The Labute approximate surface area is 131 Å². The Hall–Kier alpha value is -1.79. The highest BCUT2D eigenvalue weighted by molar-refractivity contribution is 5.89. The maximum absolute atomic E-state index is 12.3. The molecule has 0 saturated carbocycles. The van der Waals surface area contributed by atoms with Gasteiger partial charge in [-0.2, -0.15) is 0 Å². The van der Waals surface area contributed by atoms with Crippen molar-refractivity contribution in [1.29, 1.82) is 0 Å². The summed E-state index contributed by atoms with van der Waals surface area (Å²) >= 11 is 0. The molecule has 0 aliphatic carbocycles. The van der Waals surface area contributed by atoms with Gasteiger partial charge in [0.2, 0.25) is 0 Å². The average Bonchev–Trinajstić information content (AvgIpc) is 2.96. The number of piperidine rings is 1. The van der Waals surface area contributed by atoms with Crippen LogP contribution in [-0.2, 0) is 9.47 Å². The number of likely N-dealkylation sites (tertiary alicyclic amines) is 1. The minimum Gasteiger partial charge on any atom is -0.378 e. The van der Waals surface area contributed by atoms with E-state index in [1.165, 1.54) is 0 Å². The molecule has 2 amide bonds. The smallest absolute Gasteiger partial charge is 0.321 e. The minimum atomic E-state index is -0.440. The molecule has 1 aromatic rings. The maximum Gasteiger partial charge on any atom is 0.321 e. The molecule has 3 rings (SSSR count). The largest absolute Gasteiger partial charge is 0.378 e. The SMILES string of the molecule is CN(C)c1ccc(NC(=O)N2CCC3(CC2)OCCO3)cc1. The van der Waals surface area contributed by atoms with Crippen molar-refractivity contribution in [2.75, 3.05) is 50.6 Å². The third-order valence-electron chi connectivity index (χ3n) is 4.26. The van der Waals surface area contributed by atoms with Crippen LogP contribution in [0.5, 0.6) is 0 Å². The van der Waals surface area contributed by atoms with Gasteiger partial charge < -0.3 is 24.6 Å². The molecule has 0 aromatic heterocycles. The van der Waals surface area contributed by atoms with E-state index in [1.807, 2.05) is 48.2 Å². The molecule has 1 spiro atoms. The van der Waals surface area contributed by atoms with Gasteiger partial charge in [-0.25, -0.2) is 4.79 Å². The van der Waals surface area contributed by atoms with E-state index in [1.54, 1.807) is 0 Å². The lowest BCUT2D eigenvalue weighted by Crippen LogP contribution is -2.48. The zero-order valence-corrected chi connectivity index (χ0v) is 13.2. The van der Waals surface area contributed by atoms with E-state index in [0.717, 1.165) is 24.2 Å². The Morgan fingerprint density at radius 2 is 1.73 bits per heavy atom. The number of hydrogen-bond acceptors (Lipinski definition) is 4. The van der Waals surface area contributed by atoms with E-state index in [2.05, 4.69) is 5.32 Å². The molecule has 22 heavy (non-hydrogen) atoms. The molecule has 2 aliphatic heterocycles. The molecule has 0 radical (unpaired) electrons. The molecule has 1 N–H and O–H groups in total. The van der Waals surface area contributed by atoms with Gasteiger partial charge in [-0.1, -0.05) is 0 Å². The number of ether oxygens (including phenoxy) is 2. The van der Waals surface area contributed by atoms with Crippen molar-refractivity contribution in [2.45, 2.75) is 18.6 Å². The summed E-state index contributed by atoms with van der Waals surface area (Å²) in [7, 11) is 3.98. The Morgan fingerprint density at radius 1 is 1.14 bits per heavy atom. The third kappa shape index (κ3) is 3.18. The first kappa shape index (κ1) is 15.1. The van der Waals surface area contributed by atoms with Crippen LogP contribution in [-0.4, -0.2) is 57.1 Å². The summed E-state index contributed by atoms with van der Waals surface area (Å²) in [6.45, 7) is 2.62. The number of carbonyl (C=O) groups excluding carboxylic acids is 1. The fraction of sp³-hybridized carbons (Fsp3) is 0.562. The lowest BCUT2D eigenvalue weighted by Gasteiger charge is -2.37. The van der Waals surface area contributed by atoms with E-state index in [-0.39, 0.29) is 6.03 Å². The number of carbonyl (C=O) groups is 1. The number of amides is 2. The van der Waals surface area contributed by atoms with Gasteiger partial charge in [0.1, 0.15) is 0 Å². The summed E-state index contributed by atoms with van der Waals surface area (Å²) in [5.41, 5.74) is 1.91. The summed E-state index contributed by atoms with van der Waals surface area (Å²) in [4.78, 5) is 16.2. The van der Waals surface area contributed by atoms with Crippen molar-refractivity contribution in [3.8, 4) is 0 Å². The summed E-state index contributed by atoms with van der Waals surface area (Å²) < 4.78 is 11.4. The van der Waals surface area contributed by atoms with E-state index >= 15 is 0 Å². The van der Waals surface area contributed by atoms with Gasteiger partial charge in [0.05, 0.1) is 13.2 Å². The molecule has 0 unspecified atom stereocenters. The summed E-state index contributed by atoms with van der Waals surface area (Å²) in [6, 6.07) is 7.75. The Morgan fingerprint density at radius 3 is 2.27 bits per heavy atom. The number of urea groups is 1. The van der Waals surface area contributed by atoms with Gasteiger partial charge in [-0.3, -0.25) is 0 Å². The molecule has 2 fully saturated rings. The molecular formula is C16H23N3O3. The quantitative estimate of drug-likeness (QED) is 0.909. The fourth-order valence-corrected chi connectivity index (χ4v) is 2.88. The van der Waals surface area contributed by atoms with Gasteiger partial charge in [0, 0.05) is 51.4 Å². The highest BCUT2D eigenvalue weighted by Gasteiger charge is 2.40.